The minimum absolute atomic E-state index is 0.0335. The Hall–Kier alpha value is -2.33. The molecule has 7 heteroatoms. The maximum Gasteiger partial charge on any atom is 0.350 e. The molecule has 186 valence electrons. The maximum atomic E-state index is 13.9. The van der Waals surface area contributed by atoms with E-state index in [0.717, 1.165) is 43.4 Å². The third kappa shape index (κ3) is 6.63. The van der Waals surface area contributed by atoms with E-state index in [1.807, 2.05) is 31.7 Å². The monoisotopic (exact) mass is 487 g/mol. The van der Waals surface area contributed by atoms with Crippen molar-refractivity contribution in [2.24, 2.45) is 23.2 Å². The van der Waals surface area contributed by atoms with Crippen LogP contribution in [0.15, 0.2) is 6.07 Å². The number of carbonyl (C=O) groups is 3. The molecule has 2 fully saturated rings. The second-order valence-corrected chi connectivity index (χ2v) is 11.8. The molecule has 1 aromatic heterocycles. The number of ether oxygens (including phenoxy) is 2. The minimum Gasteiger partial charge on any atom is -0.466 e. The lowest BCUT2D eigenvalue weighted by Crippen LogP contribution is -2.51. The lowest BCUT2D eigenvalue weighted by molar-refractivity contribution is -0.143. The number of anilines is 1. The SMILES string of the molecule is COC(=O)c1sc(C#CC(C)(C)C)cc1N(C(=O)[C@H]1CC[C@H](C)CC1)[C@H]1C[C@@H](COC(C)=O)C1. The second kappa shape index (κ2) is 10.9. The molecule has 34 heavy (non-hydrogen) atoms. The number of amides is 1. The number of methoxy groups -OCH3 is 1. The van der Waals surface area contributed by atoms with E-state index in [-0.39, 0.29) is 35.2 Å². The topological polar surface area (TPSA) is 72.9 Å². The first-order chi connectivity index (χ1) is 16.0. The first-order valence-electron chi connectivity index (χ1n) is 12.2. The number of nitrogens with zero attached hydrogens (tertiary/aromatic N) is 1. The van der Waals surface area contributed by atoms with Crippen molar-refractivity contribution >= 4 is 34.9 Å². The molecule has 0 atom stereocenters. The molecule has 1 amide bonds. The van der Waals surface area contributed by atoms with E-state index in [4.69, 9.17) is 9.47 Å². The van der Waals surface area contributed by atoms with Crippen LogP contribution in [0.5, 0.6) is 0 Å². The van der Waals surface area contributed by atoms with E-state index in [1.54, 1.807) is 0 Å². The zero-order valence-electron chi connectivity index (χ0n) is 21.2. The molecule has 3 rings (SSSR count). The van der Waals surface area contributed by atoms with E-state index in [2.05, 4.69) is 18.8 Å². The van der Waals surface area contributed by atoms with Crippen molar-refractivity contribution < 1.29 is 23.9 Å². The predicted octanol–water partition coefficient (Wildman–Crippen LogP) is 5.43. The van der Waals surface area contributed by atoms with Gasteiger partial charge in [0.25, 0.3) is 0 Å². The summed E-state index contributed by atoms with van der Waals surface area (Å²) >= 11 is 1.28. The highest BCUT2D eigenvalue weighted by Crippen LogP contribution is 2.42. The molecular weight excluding hydrogens is 450 g/mol. The van der Waals surface area contributed by atoms with Gasteiger partial charge in [-0.05, 0) is 77.2 Å². The van der Waals surface area contributed by atoms with Crippen LogP contribution in [0.25, 0.3) is 0 Å². The van der Waals surface area contributed by atoms with E-state index in [0.29, 0.717) is 23.1 Å². The molecule has 6 nitrogen and oxygen atoms in total. The van der Waals surface area contributed by atoms with E-state index < -0.39 is 5.97 Å². The van der Waals surface area contributed by atoms with Gasteiger partial charge in [-0.1, -0.05) is 18.8 Å². The molecule has 0 aliphatic heterocycles. The molecule has 2 aliphatic rings. The zero-order valence-corrected chi connectivity index (χ0v) is 22.0. The van der Waals surface area contributed by atoms with Crippen LogP contribution >= 0.6 is 11.3 Å². The molecule has 0 saturated heterocycles. The Morgan fingerprint density at radius 1 is 1.15 bits per heavy atom. The maximum absolute atomic E-state index is 13.9. The summed E-state index contributed by atoms with van der Waals surface area (Å²) in [6, 6.07) is 1.84. The van der Waals surface area contributed by atoms with Gasteiger partial charge in [0, 0.05) is 24.3 Å². The van der Waals surface area contributed by atoms with E-state index >= 15 is 0 Å². The predicted molar refractivity (Wildman–Crippen MR) is 134 cm³/mol. The van der Waals surface area contributed by atoms with Crippen LogP contribution in [0, 0.1) is 35.0 Å². The quantitative estimate of drug-likeness (QED) is 0.395. The van der Waals surface area contributed by atoms with Gasteiger partial charge in [0.1, 0.15) is 4.88 Å². The Morgan fingerprint density at radius 2 is 1.79 bits per heavy atom. The largest absolute Gasteiger partial charge is 0.466 e. The van der Waals surface area contributed by atoms with Gasteiger partial charge >= 0.3 is 11.9 Å². The summed E-state index contributed by atoms with van der Waals surface area (Å²) in [7, 11) is 1.36. The molecule has 1 heterocycles. The summed E-state index contributed by atoms with van der Waals surface area (Å²) in [5.74, 6) is 6.56. The molecule has 0 bridgehead atoms. The lowest BCUT2D eigenvalue weighted by atomic mass is 9.77. The Balaban J connectivity index is 1.94. The Morgan fingerprint density at radius 3 is 2.35 bits per heavy atom. The van der Waals surface area contributed by atoms with Crippen LogP contribution in [0.1, 0.15) is 87.7 Å². The van der Waals surface area contributed by atoms with Crippen molar-refractivity contribution in [3.63, 3.8) is 0 Å². The van der Waals surface area contributed by atoms with Crippen molar-refractivity contribution in [2.75, 3.05) is 18.6 Å². The summed E-state index contributed by atoms with van der Waals surface area (Å²) < 4.78 is 10.3. The fraction of sp³-hybridized carbons (Fsp3) is 0.667. The Bertz CT molecular complexity index is 965. The second-order valence-electron chi connectivity index (χ2n) is 10.8. The first kappa shape index (κ1) is 26.3. The molecule has 2 saturated carbocycles. The van der Waals surface area contributed by atoms with Crippen molar-refractivity contribution in [3.8, 4) is 11.8 Å². The third-order valence-corrected chi connectivity index (χ3v) is 7.62. The molecule has 0 spiro atoms. The molecule has 2 aliphatic carbocycles. The zero-order chi connectivity index (χ0) is 25.0. The third-order valence-electron chi connectivity index (χ3n) is 6.60. The van der Waals surface area contributed by atoms with Gasteiger partial charge in [0.2, 0.25) is 5.91 Å². The summed E-state index contributed by atoms with van der Waals surface area (Å²) in [4.78, 5) is 40.8. The Labute approximate surface area is 207 Å². The molecule has 0 radical (unpaired) electrons. The molecule has 0 unspecified atom stereocenters. The van der Waals surface area contributed by atoms with E-state index in [9.17, 15) is 14.4 Å². The van der Waals surface area contributed by atoms with Crippen LogP contribution in [0.2, 0.25) is 0 Å². The first-order valence-corrected chi connectivity index (χ1v) is 13.0. The summed E-state index contributed by atoms with van der Waals surface area (Å²) in [5, 5.41) is 0. The van der Waals surface area contributed by atoms with E-state index in [1.165, 1.54) is 25.4 Å². The van der Waals surface area contributed by atoms with Gasteiger partial charge < -0.3 is 14.4 Å². The lowest BCUT2D eigenvalue weighted by Gasteiger charge is -2.44. The molecule has 0 aromatic carbocycles. The van der Waals surface area contributed by atoms with Crippen molar-refractivity contribution in [3.05, 3.63) is 15.8 Å². The standard InChI is InChI=1S/C27H37NO5S/c1-17-7-9-20(10-8-17)25(30)28(21-13-19(14-21)16-33-18(2)29)23-15-22(11-12-27(3,4)5)34-24(23)26(31)32-6/h15,17,19-21H,7-10,13-14,16H2,1-6H3/t17-,19-,20-,21+. The van der Waals surface area contributed by atoms with Crippen molar-refractivity contribution in [1.29, 1.82) is 0 Å². The van der Waals surface area contributed by atoms with Gasteiger partial charge in [0.05, 0.1) is 24.3 Å². The number of hydrogen-bond donors (Lipinski definition) is 0. The van der Waals surface area contributed by atoms with Gasteiger partial charge in [-0.2, -0.15) is 0 Å². The number of hydrogen-bond acceptors (Lipinski definition) is 6. The number of thiophene rings is 1. The minimum atomic E-state index is -0.449. The van der Waals surface area contributed by atoms with Crippen LogP contribution in [0.3, 0.4) is 0 Å². The average Bonchev–Trinajstić information content (AvgIpc) is 3.16. The smallest absolute Gasteiger partial charge is 0.350 e. The number of rotatable bonds is 6. The highest BCUT2D eigenvalue weighted by atomic mass is 32.1. The molecule has 0 N–H and O–H groups in total. The van der Waals surface area contributed by atoms with Gasteiger partial charge in [0.15, 0.2) is 0 Å². The highest BCUT2D eigenvalue weighted by molar-refractivity contribution is 7.15. The van der Waals surface area contributed by atoms with Crippen LogP contribution in [-0.2, 0) is 19.1 Å². The normalized spacial score (nSPS) is 24.3. The molecule has 1 aromatic rings. The fourth-order valence-electron chi connectivity index (χ4n) is 4.59. The van der Waals surface area contributed by atoms with Gasteiger partial charge in [-0.25, -0.2) is 4.79 Å². The van der Waals surface area contributed by atoms with Gasteiger partial charge in [-0.3, -0.25) is 9.59 Å². The highest BCUT2D eigenvalue weighted by Gasteiger charge is 2.42. The summed E-state index contributed by atoms with van der Waals surface area (Å²) in [5.41, 5.74) is 0.427. The van der Waals surface area contributed by atoms with Crippen molar-refractivity contribution in [2.45, 2.75) is 79.2 Å². The van der Waals surface area contributed by atoms with Crippen molar-refractivity contribution in [1.82, 2.24) is 0 Å². The number of carbonyl (C=O) groups excluding carboxylic acids is 3. The molecular formula is C27H37NO5S. The van der Waals surface area contributed by atoms with Crippen LogP contribution in [-0.4, -0.2) is 37.6 Å². The summed E-state index contributed by atoms with van der Waals surface area (Å²) in [6.45, 7) is 10.1. The fourth-order valence-corrected chi connectivity index (χ4v) is 5.51. The average molecular weight is 488 g/mol. The van der Waals surface area contributed by atoms with Crippen LogP contribution < -0.4 is 4.90 Å². The summed E-state index contributed by atoms with van der Waals surface area (Å²) in [6.07, 6.45) is 5.30. The van der Waals surface area contributed by atoms with Crippen LogP contribution in [0.4, 0.5) is 5.69 Å². The number of esters is 2. The van der Waals surface area contributed by atoms with Gasteiger partial charge in [-0.15, -0.1) is 11.3 Å². The Kier molecular flexibility index (Phi) is 8.46.